The first-order valence-electron chi connectivity index (χ1n) is 7.89. The lowest BCUT2D eigenvalue weighted by Crippen LogP contribution is -2.16. The minimum absolute atomic E-state index is 0.00237. The standard InChI is InChI=1S/C19H17N3O3/c23-19(11-12-20-17-7-3-4-8-18(17)22(24)25)21-16-10-9-14-5-1-2-6-15(14)13-16/h1-10,13,20H,11-12H2,(H,21,23). The second-order valence-corrected chi connectivity index (χ2v) is 5.56. The monoisotopic (exact) mass is 335 g/mol. The van der Waals surface area contributed by atoms with Crippen molar-refractivity contribution in [3.8, 4) is 0 Å². The van der Waals surface area contributed by atoms with E-state index in [1.54, 1.807) is 18.2 Å². The summed E-state index contributed by atoms with van der Waals surface area (Å²) < 4.78 is 0. The fourth-order valence-corrected chi connectivity index (χ4v) is 2.58. The molecule has 0 bridgehead atoms. The number of hydrogen-bond acceptors (Lipinski definition) is 4. The van der Waals surface area contributed by atoms with Crippen LogP contribution in [0.15, 0.2) is 66.7 Å². The predicted octanol–water partition coefficient (Wildman–Crippen LogP) is 4.19. The highest BCUT2D eigenvalue weighted by Gasteiger charge is 2.12. The van der Waals surface area contributed by atoms with Gasteiger partial charge in [0.25, 0.3) is 5.69 Å². The molecule has 0 radical (unpaired) electrons. The summed E-state index contributed by atoms with van der Waals surface area (Å²) in [5.74, 6) is -0.152. The van der Waals surface area contributed by atoms with Crippen molar-refractivity contribution in [3.63, 3.8) is 0 Å². The zero-order chi connectivity index (χ0) is 17.6. The van der Waals surface area contributed by atoms with Gasteiger partial charge >= 0.3 is 0 Å². The SMILES string of the molecule is O=C(CCNc1ccccc1[N+](=O)[O-])Nc1ccc2ccccc2c1. The topological polar surface area (TPSA) is 84.3 Å². The van der Waals surface area contributed by atoms with Crippen molar-refractivity contribution in [2.75, 3.05) is 17.2 Å². The molecule has 0 saturated heterocycles. The van der Waals surface area contributed by atoms with Gasteiger partial charge in [0, 0.05) is 24.7 Å². The minimum Gasteiger partial charge on any atom is -0.379 e. The van der Waals surface area contributed by atoms with Crippen molar-refractivity contribution in [1.82, 2.24) is 0 Å². The highest BCUT2D eigenvalue weighted by Crippen LogP contribution is 2.23. The van der Waals surface area contributed by atoms with Crippen LogP contribution in [-0.4, -0.2) is 17.4 Å². The van der Waals surface area contributed by atoms with Gasteiger partial charge in [-0.15, -0.1) is 0 Å². The van der Waals surface area contributed by atoms with Crippen LogP contribution >= 0.6 is 0 Å². The molecule has 0 aliphatic rings. The van der Waals surface area contributed by atoms with Gasteiger partial charge in [-0.2, -0.15) is 0 Å². The Labute approximate surface area is 144 Å². The Balaban J connectivity index is 1.57. The van der Waals surface area contributed by atoms with Gasteiger partial charge in [-0.25, -0.2) is 0 Å². The maximum Gasteiger partial charge on any atom is 0.292 e. The van der Waals surface area contributed by atoms with Crippen molar-refractivity contribution in [2.45, 2.75) is 6.42 Å². The van der Waals surface area contributed by atoms with E-state index < -0.39 is 4.92 Å². The molecule has 0 spiro atoms. The Hall–Kier alpha value is -3.41. The molecule has 6 heteroatoms. The van der Waals surface area contributed by atoms with Crippen LogP contribution in [0.4, 0.5) is 17.1 Å². The first-order chi connectivity index (χ1) is 12.1. The summed E-state index contributed by atoms with van der Waals surface area (Å²) in [6, 6.07) is 20.0. The second-order valence-electron chi connectivity index (χ2n) is 5.56. The Morgan fingerprint density at radius 1 is 0.960 bits per heavy atom. The van der Waals surface area contributed by atoms with Crippen molar-refractivity contribution >= 4 is 33.7 Å². The van der Waals surface area contributed by atoms with E-state index in [1.165, 1.54) is 6.07 Å². The highest BCUT2D eigenvalue weighted by atomic mass is 16.6. The van der Waals surface area contributed by atoms with Crippen molar-refractivity contribution in [1.29, 1.82) is 0 Å². The zero-order valence-corrected chi connectivity index (χ0v) is 13.4. The third kappa shape index (κ3) is 4.11. The lowest BCUT2D eigenvalue weighted by molar-refractivity contribution is -0.384. The number of fused-ring (bicyclic) bond motifs is 1. The van der Waals surface area contributed by atoms with Crippen molar-refractivity contribution in [2.24, 2.45) is 0 Å². The molecule has 1 amide bonds. The molecule has 25 heavy (non-hydrogen) atoms. The van der Waals surface area contributed by atoms with Gasteiger partial charge in [-0.05, 0) is 29.0 Å². The number of nitrogens with one attached hydrogen (secondary N) is 2. The zero-order valence-electron chi connectivity index (χ0n) is 13.4. The van der Waals surface area contributed by atoms with Crippen LogP contribution in [0.5, 0.6) is 0 Å². The molecule has 0 aromatic heterocycles. The summed E-state index contributed by atoms with van der Waals surface area (Å²) in [7, 11) is 0. The molecule has 3 aromatic rings. The normalized spacial score (nSPS) is 10.4. The molecular formula is C19H17N3O3. The van der Waals surface area contributed by atoms with Crippen LogP contribution in [0, 0.1) is 10.1 Å². The number of nitro benzene ring substituents is 1. The number of anilines is 2. The minimum atomic E-state index is -0.447. The van der Waals surface area contributed by atoms with Crippen LogP contribution in [0.2, 0.25) is 0 Å². The second kappa shape index (κ2) is 7.44. The maximum absolute atomic E-state index is 12.1. The first-order valence-corrected chi connectivity index (χ1v) is 7.89. The summed E-state index contributed by atoms with van der Waals surface area (Å²) in [6.45, 7) is 0.310. The average molecular weight is 335 g/mol. The summed E-state index contributed by atoms with van der Waals surface area (Å²) in [5.41, 5.74) is 1.14. The van der Waals surface area contributed by atoms with Crippen LogP contribution < -0.4 is 10.6 Å². The van der Waals surface area contributed by atoms with Gasteiger partial charge in [-0.1, -0.05) is 42.5 Å². The first kappa shape index (κ1) is 16.4. The number of benzene rings is 3. The average Bonchev–Trinajstić information content (AvgIpc) is 2.62. The number of nitro groups is 1. The van der Waals surface area contributed by atoms with E-state index >= 15 is 0 Å². The van der Waals surface area contributed by atoms with Crippen LogP contribution in [0.3, 0.4) is 0 Å². The van der Waals surface area contributed by atoms with Crippen LogP contribution in [0.1, 0.15) is 6.42 Å². The van der Waals surface area contributed by atoms with Crippen LogP contribution in [-0.2, 0) is 4.79 Å². The molecule has 0 heterocycles. The molecule has 0 aliphatic heterocycles. The van der Waals surface area contributed by atoms with E-state index in [9.17, 15) is 14.9 Å². The molecule has 3 aromatic carbocycles. The van der Waals surface area contributed by atoms with Gasteiger partial charge in [-0.3, -0.25) is 14.9 Å². The number of rotatable bonds is 6. The third-order valence-electron chi connectivity index (χ3n) is 3.80. The predicted molar refractivity (Wildman–Crippen MR) is 98.8 cm³/mol. The van der Waals surface area contributed by atoms with Crippen molar-refractivity contribution in [3.05, 3.63) is 76.8 Å². The molecule has 6 nitrogen and oxygen atoms in total. The number of hydrogen-bond donors (Lipinski definition) is 2. The fraction of sp³-hybridized carbons (Fsp3) is 0.105. The lowest BCUT2D eigenvalue weighted by Gasteiger charge is -2.08. The van der Waals surface area contributed by atoms with E-state index in [0.717, 1.165) is 16.5 Å². The van der Waals surface area contributed by atoms with Crippen LogP contribution in [0.25, 0.3) is 10.8 Å². The molecule has 0 atom stereocenters. The van der Waals surface area contributed by atoms with E-state index in [1.807, 2.05) is 42.5 Å². The van der Waals surface area contributed by atoms with E-state index in [0.29, 0.717) is 12.2 Å². The lowest BCUT2D eigenvalue weighted by atomic mass is 10.1. The van der Waals surface area contributed by atoms with E-state index in [-0.39, 0.29) is 18.0 Å². The summed E-state index contributed by atoms with van der Waals surface area (Å²) in [4.78, 5) is 22.6. The molecule has 126 valence electrons. The van der Waals surface area contributed by atoms with Gasteiger partial charge in [0.05, 0.1) is 4.92 Å². The molecule has 3 rings (SSSR count). The molecule has 0 saturated carbocycles. The summed E-state index contributed by atoms with van der Waals surface area (Å²) in [6.07, 6.45) is 0.207. The highest BCUT2D eigenvalue weighted by molar-refractivity contribution is 5.94. The number of carbonyl (C=O) groups excluding carboxylic acids is 1. The van der Waals surface area contributed by atoms with Gasteiger partial charge in [0.15, 0.2) is 0 Å². The largest absolute Gasteiger partial charge is 0.379 e. The molecule has 0 aliphatic carbocycles. The Morgan fingerprint density at radius 2 is 1.68 bits per heavy atom. The molecular weight excluding hydrogens is 318 g/mol. The van der Waals surface area contributed by atoms with Gasteiger partial charge in [0.2, 0.25) is 5.91 Å². The Bertz CT molecular complexity index is 924. The molecule has 0 fully saturated rings. The maximum atomic E-state index is 12.1. The Morgan fingerprint density at radius 3 is 2.48 bits per heavy atom. The quantitative estimate of drug-likeness (QED) is 0.522. The van der Waals surface area contributed by atoms with Gasteiger partial charge in [0.1, 0.15) is 5.69 Å². The Kier molecular flexibility index (Phi) is 4.89. The molecule has 0 unspecified atom stereocenters. The third-order valence-corrected chi connectivity index (χ3v) is 3.80. The number of nitrogens with zero attached hydrogens (tertiary/aromatic N) is 1. The number of para-hydroxylation sites is 2. The summed E-state index contributed by atoms with van der Waals surface area (Å²) in [5, 5.41) is 18.9. The summed E-state index contributed by atoms with van der Waals surface area (Å²) >= 11 is 0. The van der Waals surface area contributed by atoms with Gasteiger partial charge < -0.3 is 10.6 Å². The van der Waals surface area contributed by atoms with E-state index in [4.69, 9.17) is 0 Å². The fourth-order valence-electron chi connectivity index (χ4n) is 2.58. The number of amides is 1. The smallest absolute Gasteiger partial charge is 0.292 e. The number of carbonyl (C=O) groups is 1. The molecule has 2 N–H and O–H groups in total. The van der Waals surface area contributed by atoms with E-state index in [2.05, 4.69) is 10.6 Å². The van der Waals surface area contributed by atoms with Crippen molar-refractivity contribution < 1.29 is 9.72 Å².